The number of hydrogen-bond donors (Lipinski definition) is 2. The minimum absolute atomic E-state index is 0.0647. The van der Waals surface area contributed by atoms with Crippen LogP contribution in [0.3, 0.4) is 0 Å². The molecular weight excluding hydrogens is 355 g/mol. The number of carbonyl (C=O) groups excluding carboxylic acids is 2. The molecule has 0 aromatic heterocycles. The average molecular weight is 377 g/mol. The van der Waals surface area contributed by atoms with E-state index >= 15 is 0 Å². The summed E-state index contributed by atoms with van der Waals surface area (Å²) in [5.74, 6) is -1.15. The van der Waals surface area contributed by atoms with Gasteiger partial charge in [-0.3, -0.25) is 9.59 Å². The SMILES string of the molecule is CCC(C)C(NC(=O)c1ccc(Cl)cc1)C(=O)NCc1ccccc1F. The molecule has 2 rings (SSSR count). The second kappa shape index (κ2) is 9.34. The Morgan fingerprint density at radius 1 is 1.12 bits per heavy atom. The molecule has 0 radical (unpaired) electrons. The van der Waals surface area contributed by atoms with Crippen molar-refractivity contribution in [2.24, 2.45) is 5.92 Å². The maximum absolute atomic E-state index is 13.7. The highest BCUT2D eigenvalue weighted by molar-refractivity contribution is 6.30. The first-order valence-electron chi connectivity index (χ1n) is 8.50. The van der Waals surface area contributed by atoms with Crippen LogP contribution in [0.4, 0.5) is 4.39 Å². The van der Waals surface area contributed by atoms with Crippen LogP contribution in [0, 0.1) is 11.7 Å². The summed E-state index contributed by atoms with van der Waals surface area (Å²) in [5, 5.41) is 6.00. The third kappa shape index (κ3) is 5.30. The van der Waals surface area contributed by atoms with Crippen molar-refractivity contribution in [1.29, 1.82) is 0 Å². The van der Waals surface area contributed by atoms with Gasteiger partial charge in [0.2, 0.25) is 5.91 Å². The quantitative estimate of drug-likeness (QED) is 0.769. The minimum Gasteiger partial charge on any atom is -0.350 e. The molecule has 0 saturated heterocycles. The van der Waals surface area contributed by atoms with E-state index in [0.29, 0.717) is 22.6 Å². The molecule has 0 fully saturated rings. The van der Waals surface area contributed by atoms with Crippen molar-refractivity contribution in [3.05, 3.63) is 70.5 Å². The molecule has 26 heavy (non-hydrogen) atoms. The number of benzene rings is 2. The fraction of sp³-hybridized carbons (Fsp3) is 0.300. The summed E-state index contributed by atoms with van der Waals surface area (Å²) in [6, 6.07) is 12.0. The molecule has 0 aliphatic rings. The molecule has 0 spiro atoms. The number of carbonyl (C=O) groups is 2. The van der Waals surface area contributed by atoms with Crippen LogP contribution < -0.4 is 10.6 Å². The zero-order chi connectivity index (χ0) is 19.1. The van der Waals surface area contributed by atoms with Gasteiger partial charge in [-0.2, -0.15) is 0 Å². The zero-order valence-electron chi connectivity index (χ0n) is 14.8. The normalized spacial score (nSPS) is 12.9. The van der Waals surface area contributed by atoms with Crippen LogP contribution >= 0.6 is 11.6 Å². The van der Waals surface area contributed by atoms with Gasteiger partial charge in [0, 0.05) is 22.7 Å². The molecule has 2 N–H and O–H groups in total. The summed E-state index contributed by atoms with van der Waals surface area (Å²) >= 11 is 5.83. The maximum atomic E-state index is 13.7. The van der Waals surface area contributed by atoms with Gasteiger partial charge in [0.25, 0.3) is 5.91 Å². The van der Waals surface area contributed by atoms with Crippen LogP contribution in [0.2, 0.25) is 5.02 Å². The summed E-state index contributed by atoms with van der Waals surface area (Å²) in [5.41, 5.74) is 0.817. The monoisotopic (exact) mass is 376 g/mol. The van der Waals surface area contributed by atoms with Gasteiger partial charge in [0.05, 0.1) is 0 Å². The van der Waals surface area contributed by atoms with Gasteiger partial charge < -0.3 is 10.6 Å². The average Bonchev–Trinajstić information content (AvgIpc) is 2.65. The van der Waals surface area contributed by atoms with E-state index < -0.39 is 6.04 Å². The first kappa shape index (κ1) is 19.9. The number of halogens is 2. The standard InChI is InChI=1S/C20H22ClFN2O2/c1-3-13(2)18(24-19(25)14-8-10-16(21)11-9-14)20(26)23-12-15-6-4-5-7-17(15)22/h4-11,13,18H,3,12H2,1-2H3,(H,23,26)(H,24,25). The fourth-order valence-corrected chi connectivity index (χ4v) is 2.59. The highest BCUT2D eigenvalue weighted by Gasteiger charge is 2.26. The van der Waals surface area contributed by atoms with Crippen molar-refractivity contribution in [2.75, 3.05) is 0 Å². The molecule has 6 heteroatoms. The molecule has 0 aliphatic heterocycles. The molecule has 138 valence electrons. The number of rotatable bonds is 7. The number of amides is 2. The summed E-state index contributed by atoms with van der Waals surface area (Å²) in [6.45, 7) is 3.89. The first-order chi connectivity index (χ1) is 12.4. The van der Waals surface area contributed by atoms with Gasteiger partial charge in [0.1, 0.15) is 11.9 Å². The van der Waals surface area contributed by atoms with E-state index in [9.17, 15) is 14.0 Å². The highest BCUT2D eigenvalue weighted by Crippen LogP contribution is 2.13. The van der Waals surface area contributed by atoms with Crippen LogP contribution in [0.25, 0.3) is 0 Å². The van der Waals surface area contributed by atoms with Crippen molar-refractivity contribution in [3.8, 4) is 0 Å². The van der Waals surface area contributed by atoms with Crippen LogP contribution in [0.1, 0.15) is 36.2 Å². The molecule has 2 amide bonds. The van der Waals surface area contributed by atoms with E-state index in [2.05, 4.69) is 10.6 Å². The maximum Gasteiger partial charge on any atom is 0.251 e. The lowest BCUT2D eigenvalue weighted by Crippen LogP contribution is -2.50. The highest BCUT2D eigenvalue weighted by atomic mass is 35.5. The Morgan fingerprint density at radius 2 is 1.77 bits per heavy atom. The Hall–Kier alpha value is -2.40. The largest absolute Gasteiger partial charge is 0.350 e. The second-order valence-electron chi connectivity index (χ2n) is 6.15. The van der Waals surface area contributed by atoms with E-state index in [0.717, 1.165) is 0 Å². The molecule has 2 atom stereocenters. The van der Waals surface area contributed by atoms with Gasteiger partial charge in [-0.1, -0.05) is 50.1 Å². The molecule has 0 saturated carbocycles. The van der Waals surface area contributed by atoms with Crippen molar-refractivity contribution in [3.63, 3.8) is 0 Å². The fourth-order valence-electron chi connectivity index (χ4n) is 2.46. The Morgan fingerprint density at radius 3 is 2.38 bits per heavy atom. The van der Waals surface area contributed by atoms with E-state index in [1.54, 1.807) is 42.5 Å². The van der Waals surface area contributed by atoms with Gasteiger partial charge in [-0.15, -0.1) is 0 Å². The third-order valence-electron chi connectivity index (χ3n) is 4.30. The van der Waals surface area contributed by atoms with E-state index in [4.69, 9.17) is 11.6 Å². The predicted molar refractivity (Wildman–Crippen MR) is 100 cm³/mol. The molecule has 2 aromatic rings. The summed E-state index contributed by atoms with van der Waals surface area (Å²) in [7, 11) is 0. The molecule has 2 unspecified atom stereocenters. The molecule has 0 bridgehead atoms. The Kier molecular flexibility index (Phi) is 7.16. The lowest BCUT2D eigenvalue weighted by molar-refractivity contribution is -0.124. The lowest BCUT2D eigenvalue weighted by Gasteiger charge is -2.23. The molecule has 0 heterocycles. The Labute approximate surface area is 157 Å². The zero-order valence-corrected chi connectivity index (χ0v) is 15.5. The van der Waals surface area contributed by atoms with Crippen molar-refractivity contribution < 1.29 is 14.0 Å². The minimum atomic E-state index is -0.713. The molecule has 0 aliphatic carbocycles. The van der Waals surface area contributed by atoms with Gasteiger partial charge in [-0.25, -0.2) is 4.39 Å². The van der Waals surface area contributed by atoms with Gasteiger partial charge in [-0.05, 0) is 36.2 Å². The first-order valence-corrected chi connectivity index (χ1v) is 8.87. The van der Waals surface area contributed by atoms with Crippen molar-refractivity contribution in [2.45, 2.75) is 32.9 Å². The van der Waals surface area contributed by atoms with Gasteiger partial charge in [0.15, 0.2) is 0 Å². The number of hydrogen-bond acceptors (Lipinski definition) is 2. The van der Waals surface area contributed by atoms with Crippen LogP contribution in [0.15, 0.2) is 48.5 Å². The summed E-state index contributed by atoms with van der Waals surface area (Å²) < 4.78 is 13.7. The second-order valence-corrected chi connectivity index (χ2v) is 6.59. The Bertz CT molecular complexity index is 765. The van der Waals surface area contributed by atoms with E-state index in [-0.39, 0.29) is 30.1 Å². The van der Waals surface area contributed by atoms with Crippen LogP contribution in [-0.2, 0) is 11.3 Å². The molecule has 2 aromatic carbocycles. The van der Waals surface area contributed by atoms with E-state index in [1.165, 1.54) is 6.07 Å². The summed E-state index contributed by atoms with van der Waals surface area (Å²) in [4.78, 5) is 25.0. The van der Waals surface area contributed by atoms with Crippen LogP contribution in [-0.4, -0.2) is 17.9 Å². The van der Waals surface area contributed by atoms with Crippen LogP contribution in [0.5, 0.6) is 0 Å². The predicted octanol–water partition coefficient (Wildman–Crippen LogP) is 3.94. The lowest BCUT2D eigenvalue weighted by atomic mass is 9.97. The van der Waals surface area contributed by atoms with Gasteiger partial charge >= 0.3 is 0 Å². The molecular formula is C20H22ClFN2O2. The van der Waals surface area contributed by atoms with Crippen molar-refractivity contribution >= 4 is 23.4 Å². The summed E-state index contributed by atoms with van der Waals surface area (Å²) in [6.07, 6.45) is 0.707. The topological polar surface area (TPSA) is 58.2 Å². The smallest absolute Gasteiger partial charge is 0.251 e. The number of nitrogens with one attached hydrogen (secondary N) is 2. The Balaban J connectivity index is 2.06. The van der Waals surface area contributed by atoms with Crippen molar-refractivity contribution in [1.82, 2.24) is 10.6 Å². The third-order valence-corrected chi connectivity index (χ3v) is 4.55. The molecule has 4 nitrogen and oxygen atoms in total. The van der Waals surface area contributed by atoms with E-state index in [1.807, 2.05) is 13.8 Å².